The highest BCUT2D eigenvalue weighted by Crippen LogP contribution is 2.28. The van der Waals surface area contributed by atoms with E-state index < -0.39 is 0 Å². The van der Waals surface area contributed by atoms with Crippen LogP contribution in [0.1, 0.15) is 25.5 Å². The number of ether oxygens (including phenoxy) is 1. The van der Waals surface area contributed by atoms with E-state index in [-0.39, 0.29) is 6.23 Å². The highest BCUT2D eigenvalue weighted by atomic mass is 127. The maximum absolute atomic E-state index is 5.95. The van der Waals surface area contributed by atoms with Crippen molar-refractivity contribution < 1.29 is 4.74 Å². The Morgan fingerprint density at radius 3 is 3.12 bits per heavy atom. The van der Waals surface area contributed by atoms with E-state index in [0.29, 0.717) is 5.02 Å². The van der Waals surface area contributed by atoms with Gasteiger partial charge in [0, 0.05) is 12.8 Å². The number of nitrogens with zero attached hydrogens (tertiary/aromatic N) is 3. The van der Waals surface area contributed by atoms with E-state index in [2.05, 4.69) is 32.7 Å². The van der Waals surface area contributed by atoms with E-state index in [0.717, 1.165) is 34.2 Å². The van der Waals surface area contributed by atoms with Gasteiger partial charge in [-0.15, -0.1) is 0 Å². The molecule has 1 atom stereocenters. The molecule has 1 unspecified atom stereocenters. The summed E-state index contributed by atoms with van der Waals surface area (Å²) < 4.78 is 8.54. The molecule has 3 rings (SSSR count). The maximum Gasteiger partial charge on any atom is 0.161 e. The summed E-state index contributed by atoms with van der Waals surface area (Å²) in [6, 6.07) is 1.90. The molecule has 90 valence electrons. The molecular weight excluding hydrogens is 352 g/mol. The fourth-order valence-electron chi connectivity index (χ4n) is 2.08. The van der Waals surface area contributed by atoms with Gasteiger partial charge in [0.2, 0.25) is 0 Å². The van der Waals surface area contributed by atoms with Crippen molar-refractivity contribution in [2.24, 2.45) is 0 Å². The molecule has 1 aliphatic rings. The molecule has 0 aromatic carbocycles. The average Bonchev–Trinajstić information content (AvgIpc) is 2.68. The molecule has 0 N–H and O–H groups in total. The third-order valence-electron chi connectivity index (χ3n) is 2.90. The van der Waals surface area contributed by atoms with E-state index in [1.165, 1.54) is 6.42 Å². The molecule has 0 spiro atoms. The monoisotopic (exact) mass is 363 g/mol. The van der Waals surface area contributed by atoms with Crippen LogP contribution >= 0.6 is 34.2 Å². The lowest BCUT2D eigenvalue weighted by atomic mass is 10.2. The molecule has 0 radical (unpaired) electrons. The topological polar surface area (TPSA) is 39.9 Å². The van der Waals surface area contributed by atoms with Crippen LogP contribution in [0.3, 0.4) is 0 Å². The Balaban J connectivity index is 2.10. The van der Waals surface area contributed by atoms with Crippen molar-refractivity contribution in [3.05, 3.63) is 21.0 Å². The van der Waals surface area contributed by atoms with Gasteiger partial charge < -0.3 is 4.74 Å². The second-order valence-electron chi connectivity index (χ2n) is 4.08. The first-order valence-corrected chi connectivity index (χ1v) is 7.02. The molecule has 1 aliphatic heterocycles. The standard InChI is InChI=1S/C11H11ClIN3O/c12-7-5-8-10(13)15-16(11(8)14-6-7)9-3-1-2-4-17-9/h5-6,9H,1-4H2. The van der Waals surface area contributed by atoms with Crippen LogP contribution in [-0.4, -0.2) is 21.4 Å². The molecule has 6 heteroatoms. The third kappa shape index (κ3) is 2.15. The van der Waals surface area contributed by atoms with Crippen LogP contribution in [0.5, 0.6) is 0 Å². The number of pyridine rings is 1. The third-order valence-corrected chi connectivity index (χ3v) is 3.90. The largest absolute Gasteiger partial charge is 0.356 e. The Morgan fingerprint density at radius 2 is 2.35 bits per heavy atom. The molecule has 0 aliphatic carbocycles. The number of fused-ring (bicyclic) bond motifs is 1. The fraction of sp³-hybridized carbons (Fsp3) is 0.455. The molecule has 2 aromatic heterocycles. The molecule has 4 nitrogen and oxygen atoms in total. The van der Waals surface area contributed by atoms with Crippen molar-refractivity contribution in [2.75, 3.05) is 6.61 Å². The molecular formula is C11H11ClIN3O. The zero-order valence-corrected chi connectivity index (χ0v) is 12.0. The Hall–Kier alpha value is -0.400. The van der Waals surface area contributed by atoms with Crippen molar-refractivity contribution in [1.82, 2.24) is 14.8 Å². The van der Waals surface area contributed by atoms with Crippen LogP contribution in [-0.2, 0) is 4.74 Å². The van der Waals surface area contributed by atoms with Crippen LogP contribution in [0.2, 0.25) is 5.02 Å². The summed E-state index contributed by atoms with van der Waals surface area (Å²) in [7, 11) is 0. The van der Waals surface area contributed by atoms with Crippen LogP contribution in [0.4, 0.5) is 0 Å². The van der Waals surface area contributed by atoms with Gasteiger partial charge in [-0.05, 0) is 47.9 Å². The van der Waals surface area contributed by atoms with Crippen LogP contribution in [0.15, 0.2) is 12.3 Å². The SMILES string of the molecule is Clc1cnc2c(c1)c(I)nn2C1CCCCO1. The first-order valence-electron chi connectivity index (χ1n) is 5.56. The summed E-state index contributed by atoms with van der Waals surface area (Å²) in [5.41, 5.74) is 0.853. The van der Waals surface area contributed by atoms with E-state index in [4.69, 9.17) is 16.3 Å². The Labute approximate surface area is 117 Å². The molecule has 0 bridgehead atoms. The number of hydrogen-bond acceptors (Lipinski definition) is 3. The number of halogens is 2. The zero-order valence-electron chi connectivity index (χ0n) is 9.07. The minimum absolute atomic E-state index is 0.0171. The van der Waals surface area contributed by atoms with Crippen LogP contribution in [0.25, 0.3) is 11.0 Å². The van der Waals surface area contributed by atoms with Crippen molar-refractivity contribution >= 4 is 45.2 Å². The molecule has 1 fully saturated rings. The first-order chi connectivity index (χ1) is 8.25. The van der Waals surface area contributed by atoms with Crippen molar-refractivity contribution in [1.29, 1.82) is 0 Å². The summed E-state index contributed by atoms with van der Waals surface area (Å²) in [6.45, 7) is 0.802. The number of hydrogen-bond donors (Lipinski definition) is 0. The highest BCUT2D eigenvalue weighted by Gasteiger charge is 2.21. The van der Waals surface area contributed by atoms with Crippen molar-refractivity contribution in [3.8, 4) is 0 Å². The van der Waals surface area contributed by atoms with Gasteiger partial charge in [0.25, 0.3) is 0 Å². The molecule has 3 heterocycles. The van der Waals surface area contributed by atoms with Crippen LogP contribution in [0, 0.1) is 3.70 Å². The lowest BCUT2D eigenvalue weighted by Gasteiger charge is -2.22. The van der Waals surface area contributed by atoms with Crippen molar-refractivity contribution in [3.63, 3.8) is 0 Å². The number of rotatable bonds is 1. The predicted molar refractivity (Wildman–Crippen MR) is 74.1 cm³/mol. The Morgan fingerprint density at radius 1 is 1.47 bits per heavy atom. The van der Waals surface area contributed by atoms with Gasteiger partial charge in [-0.2, -0.15) is 5.10 Å². The molecule has 0 saturated carbocycles. The Kier molecular flexibility index (Phi) is 3.23. The quantitative estimate of drug-likeness (QED) is 0.729. The van der Waals surface area contributed by atoms with Gasteiger partial charge in [-0.1, -0.05) is 11.6 Å². The summed E-state index contributed by atoms with van der Waals surface area (Å²) >= 11 is 8.16. The van der Waals surface area contributed by atoms with Gasteiger partial charge in [0.05, 0.1) is 10.4 Å². The summed E-state index contributed by atoms with van der Waals surface area (Å²) in [4.78, 5) is 4.36. The molecule has 0 amide bonds. The second-order valence-corrected chi connectivity index (χ2v) is 5.54. The number of aromatic nitrogens is 3. The van der Waals surface area contributed by atoms with E-state index in [1.807, 2.05) is 10.7 Å². The first kappa shape index (κ1) is 11.7. The minimum Gasteiger partial charge on any atom is -0.356 e. The average molecular weight is 364 g/mol. The highest BCUT2D eigenvalue weighted by molar-refractivity contribution is 14.1. The van der Waals surface area contributed by atoms with Gasteiger partial charge in [0.1, 0.15) is 3.70 Å². The summed E-state index contributed by atoms with van der Waals surface area (Å²) in [5, 5.41) is 6.14. The van der Waals surface area contributed by atoms with Gasteiger partial charge in [-0.25, -0.2) is 9.67 Å². The zero-order chi connectivity index (χ0) is 11.8. The smallest absolute Gasteiger partial charge is 0.161 e. The predicted octanol–water partition coefficient (Wildman–Crippen LogP) is 3.39. The molecule has 1 saturated heterocycles. The summed E-state index contributed by atoms with van der Waals surface area (Å²) in [5.74, 6) is 0. The van der Waals surface area contributed by atoms with Crippen LogP contribution < -0.4 is 0 Å². The van der Waals surface area contributed by atoms with E-state index in [1.54, 1.807) is 6.20 Å². The van der Waals surface area contributed by atoms with Gasteiger partial charge in [-0.3, -0.25) is 0 Å². The lowest BCUT2D eigenvalue weighted by molar-refractivity contribution is -0.0372. The fourth-order valence-corrected chi connectivity index (χ4v) is 2.87. The van der Waals surface area contributed by atoms with Gasteiger partial charge in [0.15, 0.2) is 11.9 Å². The van der Waals surface area contributed by atoms with E-state index in [9.17, 15) is 0 Å². The lowest BCUT2D eigenvalue weighted by Crippen LogP contribution is -2.19. The molecule has 2 aromatic rings. The van der Waals surface area contributed by atoms with E-state index >= 15 is 0 Å². The van der Waals surface area contributed by atoms with Gasteiger partial charge >= 0.3 is 0 Å². The summed E-state index contributed by atoms with van der Waals surface area (Å²) in [6.07, 6.45) is 4.98. The minimum atomic E-state index is 0.0171. The maximum atomic E-state index is 5.95. The van der Waals surface area contributed by atoms with Crippen molar-refractivity contribution in [2.45, 2.75) is 25.5 Å². The second kappa shape index (κ2) is 4.70. The Bertz CT molecular complexity index is 551. The molecule has 17 heavy (non-hydrogen) atoms. The normalized spacial score (nSPS) is 20.9.